The Bertz CT molecular complexity index is 905. The fourth-order valence-electron chi connectivity index (χ4n) is 8.45. The third-order valence-electron chi connectivity index (χ3n) is 12.6. The molecule has 0 fully saturated rings. The molecular weight excluding hydrogens is 757 g/mol. The fraction of sp³-hybridized carbons (Fsp3) is 0.945. The van der Waals surface area contributed by atoms with Crippen molar-refractivity contribution in [3.63, 3.8) is 0 Å². The second kappa shape index (κ2) is 51.0. The molecule has 6 nitrogen and oxygen atoms in total. The molecule has 0 radical (unpaired) electrons. The third-order valence-corrected chi connectivity index (χ3v) is 12.6. The topological polar surface area (TPSA) is 78.9 Å². The van der Waals surface area contributed by atoms with E-state index >= 15 is 0 Å². The first-order valence-corrected chi connectivity index (χ1v) is 27.5. The van der Waals surface area contributed by atoms with Gasteiger partial charge in [0.15, 0.2) is 6.10 Å². The van der Waals surface area contributed by atoms with Crippen LogP contribution >= 0.6 is 0 Å². The molecule has 0 aliphatic carbocycles. The van der Waals surface area contributed by atoms with Crippen LogP contribution in [0.25, 0.3) is 0 Å². The normalized spacial score (nSPS) is 11.9. The van der Waals surface area contributed by atoms with E-state index in [0.717, 1.165) is 57.8 Å². The highest BCUT2D eigenvalue weighted by Crippen LogP contribution is 2.17. The van der Waals surface area contributed by atoms with Crippen LogP contribution < -0.4 is 0 Å². The second-order valence-electron chi connectivity index (χ2n) is 18.9. The smallest absolute Gasteiger partial charge is 0.306 e. The van der Waals surface area contributed by atoms with Crippen LogP contribution in [-0.2, 0) is 28.6 Å². The molecule has 362 valence electrons. The first-order valence-electron chi connectivity index (χ1n) is 27.5. The van der Waals surface area contributed by atoms with Crippen LogP contribution in [0, 0.1) is 0 Å². The molecule has 0 bridgehead atoms. The minimum Gasteiger partial charge on any atom is -0.462 e. The van der Waals surface area contributed by atoms with E-state index in [1.165, 1.54) is 218 Å². The number of rotatable bonds is 51. The largest absolute Gasteiger partial charge is 0.462 e. The van der Waals surface area contributed by atoms with Gasteiger partial charge in [-0.3, -0.25) is 14.4 Å². The van der Waals surface area contributed by atoms with E-state index < -0.39 is 6.10 Å². The summed E-state index contributed by atoms with van der Waals surface area (Å²) in [5.74, 6) is -0.839. The van der Waals surface area contributed by atoms with Crippen molar-refractivity contribution in [1.82, 2.24) is 0 Å². The van der Waals surface area contributed by atoms with Crippen molar-refractivity contribution in [2.24, 2.45) is 0 Å². The highest BCUT2D eigenvalue weighted by Gasteiger charge is 2.19. The molecule has 0 N–H and O–H groups in total. The van der Waals surface area contributed by atoms with Crippen molar-refractivity contribution < 1.29 is 28.6 Å². The Labute approximate surface area is 380 Å². The van der Waals surface area contributed by atoms with Crippen molar-refractivity contribution in [1.29, 1.82) is 0 Å². The van der Waals surface area contributed by atoms with Crippen molar-refractivity contribution >= 4 is 17.9 Å². The van der Waals surface area contributed by atoms with Gasteiger partial charge < -0.3 is 14.2 Å². The lowest BCUT2D eigenvalue weighted by Gasteiger charge is -2.18. The summed E-state index contributed by atoms with van der Waals surface area (Å²) in [5.41, 5.74) is 0. The van der Waals surface area contributed by atoms with Gasteiger partial charge in [0.1, 0.15) is 13.2 Å². The zero-order chi connectivity index (χ0) is 44.4. The summed E-state index contributed by atoms with van der Waals surface area (Å²) in [4.78, 5) is 37.9. The molecule has 0 unspecified atom stereocenters. The van der Waals surface area contributed by atoms with Gasteiger partial charge in [0.05, 0.1) is 0 Å². The maximum atomic E-state index is 12.8. The first-order chi connectivity index (χ1) is 30.0. The number of carbonyl (C=O) groups is 3. The summed E-state index contributed by atoms with van der Waals surface area (Å²) in [5, 5.41) is 0. The van der Waals surface area contributed by atoms with E-state index in [1.54, 1.807) is 0 Å². The van der Waals surface area contributed by atoms with Crippen molar-refractivity contribution in [2.75, 3.05) is 13.2 Å². The molecule has 0 aliphatic rings. The van der Waals surface area contributed by atoms with Crippen LogP contribution in [0.1, 0.15) is 316 Å². The average molecular weight is 863 g/mol. The number of esters is 3. The van der Waals surface area contributed by atoms with Gasteiger partial charge in [0, 0.05) is 19.3 Å². The zero-order valence-electron chi connectivity index (χ0n) is 41.5. The monoisotopic (exact) mass is 863 g/mol. The zero-order valence-corrected chi connectivity index (χ0v) is 41.5. The highest BCUT2D eigenvalue weighted by molar-refractivity contribution is 5.71. The van der Waals surface area contributed by atoms with Crippen LogP contribution in [0.4, 0.5) is 0 Å². The van der Waals surface area contributed by atoms with Crippen LogP contribution in [-0.4, -0.2) is 37.2 Å². The maximum Gasteiger partial charge on any atom is 0.306 e. The van der Waals surface area contributed by atoms with E-state index in [2.05, 4.69) is 20.8 Å². The van der Waals surface area contributed by atoms with Crippen LogP contribution in [0.15, 0.2) is 0 Å². The molecule has 0 spiro atoms. The molecule has 0 saturated heterocycles. The minimum atomic E-state index is -0.759. The summed E-state index contributed by atoms with van der Waals surface area (Å²) in [6.45, 7) is 6.68. The molecule has 0 aliphatic heterocycles. The van der Waals surface area contributed by atoms with E-state index in [9.17, 15) is 14.4 Å². The van der Waals surface area contributed by atoms with E-state index in [4.69, 9.17) is 14.2 Å². The lowest BCUT2D eigenvalue weighted by atomic mass is 10.0. The molecule has 1 atom stereocenters. The minimum absolute atomic E-state index is 0.0616. The average Bonchev–Trinajstić information content (AvgIpc) is 3.26. The van der Waals surface area contributed by atoms with Crippen LogP contribution in [0.5, 0.6) is 0 Å². The van der Waals surface area contributed by atoms with Gasteiger partial charge in [-0.1, -0.05) is 278 Å². The maximum absolute atomic E-state index is 12.8. The molecule has 0 heterocycles. The van der Waals surface area contributed by atoms with Crippen molar-refractivity contribution in [3.05, 3.63) is 0 Å². The Kier molecular flexibility index (Phi) is 49.7. The van der Waals surface area contributed by atoms with Gasteiger partial charge in [0.2, 0.25) is 0 Å². The molecular formula is C55H106O6. The highest BCUT2D eigenvalue weighted by atomic mass is 16.6. The number of carbonyl (C=O) groups excluding carboxylic acids is 3. The van der Waals surface area contributed by atoms with Gasteiger partial charge in [-0.2, -0.15) is 0 Å². The van der Waals surface area contributed by atoms with Gasteiger partial charge in [-0.15, -0.1) is 0 Å². The number of hydrogen-bond donors (Lipinski definition) is 0. The Morgan fingerprint density at radius 3 is 0.656 bits per heavy atom. The van der Waals surface area contributed by atoms with E-state index in [1.807, 2.05) is 0 Å². The Morgan fingerprint density at radius 1 is 0.262 bits per heavy atom. The number of hydrogen-bond acceptors (Lipinski definition) is 6. The summed E-state index contributed by atoms with van der Waals surface area (Å²) in [6.07, 6.45) is 55.2. The summed E-state index contributed by atoms with van der Waals surface area (Å²) >= 11 is 0. The Hall–Kier alpha value is -1.59. The standard InChI is InChI=1S/C55H106O6/c1-4-7-10-13-16-19-21-23-25-27-29-31-33-36-39-42-45-48-54(57)60-51-52(50-59-53(56)47-44-41-38-35-18-15-12-9-6-3)61-55(58)49-46-43-40-37-34-32-30-28-26-24-22-20-17-14-11-8-5-2/h52H,4-51H2,1-3H3/t52-/m1/s1. The predicted molar refractivity (Wildman–Crippen MR) is 261 cm³/mol. The third kappa shape index (κ3) is 49.3. The van der Waals surface area contributed by atoms with E-state index in [0.29, 0.717) is 19.3 Å². The van der Waals surface area contributed by atoms with Gasteiger partial charge in [-0.25, -0.2) is 0 Å². The Balaban J connectivity index is 4.22. The molecule has 0 aromatic rings. The van der Waals surface area contributed by atoms with Crippen molar-refractivity contribution in [3.8, 4) is 0 Å². The predicted octanol–water partition coefficient (Wildman–Crippen LogP) is 18.0. The van der Waals surface area contributed by atoms with Crippen molar-refractivity contribution in [2.45, 2.75) is 322 Å². The Morgan fingerprint density at radius 2 is 0.443 bits per heavy atom. The SMILES string of the molecule is CCCCCCCCCCCCCCCCCCCC(=O)OC[C@@H](COC(=O)CCCCCCCCCCC)OC(=O)CCCCCCCCCCCCCCCCCCC. The number of ether oxygens (including phenoxy) is 3. The summed E-state index contributed by atoms with van der Waals surface area (Å²) < 4.78 is 16.8. The lowest BCUT2D eigenvalue weighted by Crippen LogP contribution is -2.30. The molecule has 0 aromatic carbocycles. The molecule has 6 heteroatoms. The van der Waals surface area contributed by atoms with Gasteiger partial charge >= 0.3 is 17.9 Å². The number of unbranched alkanes of at least 4 members (excludes halogenated alkanes) is 40. The summed E-state index contributed by atoms with van der Waals surface area (Å²) in [7, 11) is 0. The molecule has 0 amide bonds. The van der Waals surface area contributed by atoms with Crippen LogP contribution in [0.3, 0.4) is 0 Å². The first kappa shape index (κ1) is 59.4. The lowest BCUT2D eigenvalue weighted by molar-refractivity contribution is -0.167. The van der Waals surface area contributed by atoms with Gasteiger partial charge in [0.25, 0.3) is 0 Å². The molecule has 0 saturated carbocycles. The fourth-order valence-corrected chi connectivity index (χ4v) is 8.45. The quantitative estimate of drug-likeness (QED) is 0.0344. The second-order valence-corrected chi connectivity index (χ2v) is 18.9. The van der Waals surface area contributed by atoms with E-state index in [-0.39, 0.29) is 31.1 Å². The molecule has 0 aromatic heterocycles. The van der Waals surface area contributed by atoms with Crippen LogP contribution in [0.2, 0.25) is 0 Å². The summed E-state index contributed by atoms with van der Waals surface area (Å²) in [6, 6.07) is 0. The van der Waals surface area contributed by atoms with Gasteiger partial charge in [-0.05, 0) is 19.3 Å². The molecule has 0 rings (SSSR count). The molecule has 61 heavy (non-hydrogen) atoms.